The molecule has 0 saturated heterocycles. The summed E-state index contributed by atoms with van der Waals surface area (Å²) in [7, 11) is 1.78. The zero-order chi connectivity index (χ0) is 12.3. The molecule has 3 N–H and O–H groups in total. The first-order chi connectivity index (χ1) is 8.20. The van der Waals surface area contributed by atoms with Crippen LogP contribution in [0.1, 0.15) is 5.69 Å². The average molecular weight is 233 g/mol. The molecule has 0 amide bonds. The Bertz CT molecular complexity index is 549. The van der Waals surface area contributed by atoms with Crippen LogP contribution in [-0.2, 0) is 7.05 Å². The maximum absolute atomic E-state index is 8.63. The minimum absolute atomic E-state index is 0.107. The molecule has 0 saturated carbocycles. The largest absolute Gasteiger partial charge is 0.452 e. The van der Waals surface area contributed by atoms with Gasteiger partial charge in [0.05, 0.1) is 12.4 Å². The van der Waals surface area contributed by atoms with E-state index in [1.54, 1.807) is 36.3 Å². The van der Waals surface area contributed by atoms with Gasteiger partial charge in [-0.05, 0) is 12.1 Å². The zero-order valence-corrected chi connectivity index (χ0v) is 9.11. The van der Waals surface area contributed by atoms with Gasteiger partial charge in [-0.15, -0.1) is 0 Å². The second-order valence-electron chi connectivity index (χ2n) is 3.29. The maximum atomic E-state index is 8.63. The van der Waals surface area contributed by atoms with Crippen LogP contribution in [-0.4, -0.2) is 25.8 Å². The highest BCUT2D eigenvalue weighted by molar-refractivity contribution is 5.97. The van der Waals surface area contributed by atoms with Gasteiger partial charge in [-0.1, -0.05) is 5.16 Å². The first-order valence-electron chi connectivity index (χ1n) is 4.80. The molecule has 2 aromatic heterocycles. The molecule has 0 atom stereocenters. The van der Waals surface area contributed by atoms with E-state index in [1.807, 2.05) is 0 Å². The predicted molar refractivity (Wildman–Crippen MR) is 60.0 cm³/mol. The van der Waals surface area contributed by atoms with Crippen molar-refractivity contribution >= 4 is 5.84 Å². The summed E-state index contributed by atoms with van der Waals surface area (Å²) in [6.07, 6.45) is 4.79. The third kappa shape index (κ3) is 2.33. The fourth-order valence-corrected chi connectivity index (χ4v) is 1.29. The molecule has 0 spiro atoms. The SMILES string of the molecule is Cn1cc(Oc2cccnc2/C(N)=N/O)cn1. The molecular weight excluding hydrogens is 222 g/mol. The Morgan fingerprint density at radius 1 is 1.59 bits per heavy atom. The summed E-state index contributed by atoms with van der Waals surface area (Å²) in [5, 5.41) is 15.5. The highest BCUT2D eigenvalue weighted by atomic mass is 16.5. The number of aryl methyl sites for hydroxylation is 1. The van der Waals surface area contributed by atoms with E-state index in [9.17, 15) is 0 Å². The van der Waals surface area contributed by atoms with Gasteiger partial charge in [0.15, 0.2) is 23.0 Å². The van der Waals surface area contributed by atoms with E-state index < -0.39 is 0 Å². The summed E-state index contributed by atoms with van der Waals surface area (Å²) in [5.41, 5.74) is 5.77. The van der Waals surface area contributed by atoms with Crippen LogP contribution in [0.5, 0.6) is 11.5 Å². The van der Waals surface area contributed by atoms with E-state index in [0.717, 1.165) is 0 Å². The lowest BCUT2D eigenvalue weighted by atomic mass is 10.3. The van der Waals surface area contributed by atoms with Crippen molar-refractivity contribution in [3.05, 3.63) is 36.4 Å². The number of hydrogen-bond donors (Lipinski definition) is 2. The molecule has 0 aromatic carbocycles. The van der Waals surface area contributed by atoms with Crippen LogP contribution in [0.25, 0.3) is 0 Å². The number of pyridine rings is 1. The van der Waals surface area contributed by atoms with Crippen molar-refractivity contribution in [2.75, 3.05) is 0 Å². The van der Waals surface area contributed by atoms with E-state index in [1.165, 1.54) is 6.20 Å². The van der Waals surface area contributed by atoms with Crippen molar-refractivity contribution in [3.8, 4) is 11.5 Å². The van der Waals surface area contributed by atoms with Crippen molar-refractivity contribution in [1.29, 1.82) is 0 Å². The Kier molecular flexibility index (Phi) is 2.91. The monoisotopic (exact) mass is 233 g/mol. The maximum Gasteiger partial charge on any atom is 0.192 e. The predicted octanol–water partition coefficient (Wildman–Crippen LogP) is 0.702. The molecule has 0 unspecified atom stereocenters. The Balaban J connectivity index is 2.32. The number of ether oxygens (including phenoxy) is 1. The van der Waals surface area contributed by atoms with Crippen LogP contribution in [0.15, 0.2) is 35.9 Å². The number of aromatic nitrogens is 3. The van der Waals surface area contributed by atoms with E-state index >= 15 is 0 Å². The first-order valence-corrected chi connectivity index (χ1v) is 4.80. The number of rotatable bonds is 3. The van der Waals surface area contributed by atoms with Crippen molar-refractivity contribution in [2.45, 2.75) is 0 Å². The summed E-state index contributed by atoms with van der Waals surface area (Å²) in [6.45, 7) is 0. The standard InChI is InChI=1S/C10H11N5O2/c1-15-6-7(5-13-15)17-8-3-2-4-12-9(8)10(11)14-16/h2-6,16H,1H3,(H2,11,14). The minimum atomic E-state index is -0.107. The second-order valence-corrected chi connectivity index (χ2v) is 3.29. The van der Waals surface area contributed by atoms with Gasteiger partial charge in [-0.3, -0.25) is 4.68 Å². The number of oxime groups is 1. The van der Waals surface area contributed by atoms with Gasteiger partial charge in [0, 0.05) is 13.2 Å². The third-order valence-electron chi connectivity index (χ3n) is 2.03. The quantitative estimate of drug-likeness (QED) is 0.352. The first kappa shape index (κ1) is 10.9. The Hall–Kier alpha value is -2.57. The normalized spacial score (nSPS) is 11.5. The van der Waals surface area contributed by atoms with Crippen LogP contribution in [0, 0.1) is 0 Å². The number of hydrogen-bond acceptors (Lipinski definition) is 5. The van der Waals surface area contributed by atoms with Crippen LogP contribution >= 0.6 is 0 Å². The molecule has 88 valence electrons. The van der Waals surface area contributed by atoms with Gasteiger partial charge in [0.2, 0.25) is 0 Å². The van der Waals surface area contributed by atoms with Crippen LogP contribution in [0.4, 0.5) is 0 Å². The lowest BCUT2D eigenvalue weighted by Crippen LogP contribution is -2.15. The van der Waals surface area contributed by atoms with Crippen LogP contribution in [0.2, 0.25) is 0 Å². The zero-order valence-electron chi connectivity index (χ0n) is 9.11. The molecule has 17 heavy (non-hydrogen) atoms. The molecule has 7 heteroatoms. The number of amidine groups is 1. The molecule has 0 aliphatic rings. The molecule has 0 aliphatic heterocycles. The van der Waals surface area contributed by atoms with Crippen molar-refractivity contribution < 1.29 is 9.94 Å². The van der Waals surface area contributed by atoms with Crippen molar-refractivity contribution in [2.24, 2.45) is 17.9 Å². The fraction of sp³-hybridized carbons (Fsp3) is 0.100. The summed E-state index contributed by atoms with van der Waals surface area (Å²) >= 11 is 0. The lowest BCUT2D eigenvalue weighted by molar-refractivity contribution is 0.318. The van der Waals surface area contributed by atoms with Gasteiger partial charge in [0.25, 0.3) is 0 Å². The molecule has 2 rings (SSSR count). The van der Waals surface area contributed by atoms with E-state index in [0.29, 0.717) is 11.5 Å². The number of nitrogens with two attached hydrogens (primary N) is 1. The Labute approximate surface area is 97.1 Å². The molecule has 2 heterocycles. The van der Waals surface area contributed by atoms with E-state index in [-0.39, 0.29) is 11.5 Å². The van der Waals surface area contributed by atoms with E-state index in [2.05, 4.69) is 15.2 Å². The fourth-order valence-electron chi connectivity index (χ4n) is 1.29. The smallest absolute Gasteiger partial charge is 0.192 e. The highest BCUT2D eigenvalue weighted by Crippen LogP contribution is 2.22. The average Bonchev–Trinajstić information content (AvgIpc) is 2.74. The minimum Gasteiger partial charge on any atom is -0.452 e. The van der Waals surface area contributed by atoms with Gasteiger partial charge in [0.1, 0.15) is 0 Å². The molecule has 2 aromatic rings. The molecular formula is C10H11N5O2. The summed E-state index contributed by atoms with van der Waals surface area (Å²) in [4.78, 5) is 3.98. The summed E-state index contributed by atoms with van der Waals surface area (Å²) in [5.74, 6) is 0.841. The molecule has 7 nitrogen and oxygen atoms in total. The molecule has 0 bridgehead atoms. The topological polar surface area (TPSA) is 98.6 Å². The van der Waals surface area contributed by atoms with Crippen LogP contribution < -0.4 is 10.5 Å². The third-order valence-corrected chi connectivity index (χ3v) is 2.03. The van der Waals surface area contributed by atoms with Crippen molar-refractivity contribution in [3.63, 3.8) is 0 Å². The Morgan fingerprint density at radius 3 is 3.06 bits per heavy atom. The van der Waals surface area contributed by atoms with Crippen LogP contribution in [0.3, 0.4) is 0 Å². The van der Waals surface area contributed by atoms with Crippen molar-refractivity contribution in [1.82, 2.24) is 14.8 Å². The summed E-state index contributed by atoms with van der Waals surface area (Å²) < 4.78 is 7.14. The van der Waals surface area contributed by atoms with Gasteiger partial charge < -0.3 is 15.7 Å². The Morgan fingerprint density at radius 2 is 2.41 bits per heavy atom. The lowest BCUT2D eigenvalue weighted by Gasteiger charge is -2.06. The van der Waals surface area contributed by atoms with E-state index in [4.69, 9.17) is 15.7 Å². The van der Waals surface area contributed by atoms with Gasteiger partial charge >= 0.3 is 0 Å². The summed E-state index contributed by atoms with van der Waals surface area (Å²) in [6, 6.07) is 3.37. The highest BCUT2D eigenvalue weighted by Gasteiger charge is 2.10. The molecule has 0 radical (unpaired) electrons. The van der Waals surface area contributed by atoms with Gasteiger partial charge in [-0.2, -0.15) is 5.10 Å². The molecule has 0 fully saturated rings. The van der Waals surface area contributed by atoms with Gasteiger partial charge in [-0.25, -0.2) is 4.98 Å². The second kappa shape index (κ2) is 4.52. The number of nitrogens with zero attached hydrogens (tertiary/aromatic N) is 4. The molecule has 0 aliphatic carbocycles.